The van der Waals surface area contributed by atoms with E-state index in [0.29, 0.717) is 11.5 Å². The van der Waals surface area contributed by atoms with E-state index in [1.54, 1.807) is 0 Å². The van der Waals surface area contributed by atoms with E-state index in [2.05, 4.69) is 15.8 Å². The maximum Gasteiger partial charge on any atom is 0.227 e. The van der Waals surface area contributed by atoms with Crippen molar-refractivity contribution in [3.8, 4) is 0 Å². The molecular weight excluding hydrogens is 336 g/mol. The molecule has 7 heteroatoms. The van der Waals surface area contributed by atoms with Crippen LogP contribution in [0.4, 0.5) is 5.69 Å². The van der Waals surface area contributed by atoms with Gasteiger partial charge in [-0.25, -0.2) is 0 Å². The molecule has 0 unspecified atom stereocenters. The highest BCUT2D eigenvalue weighted by atomic mass is 32.1. The van der Waals surface area contributed by atoms with E-state index in [1.165, 1.54) is 0 Å². The van der Waals surface area contributed by atoms with Crippen molar-refractivity contribution in [1.82, 2.24) is 10.7 Å². The van der Waals surface area contributed by atoms with Crippen LogP contribution in [0, 0.1) is 0 Å². The molecule has 0 aromatic heterocycles. The predicted octanol–water partition coefficient (Wildman–Crippen LogP) is 2.43. The number of nitrogens with one attached hydrogen (secondary N) is 2. The van der Waals surface area contributed by atoms with Crippen molar-refractivity contribution in [2.24, 2.45) is 5.10 Å². The van der Waals surface area contributed by atoms with E-state index in [1.807, 2.05) is 43.0 Å². The zero-order valence-corrected chi connectivity index (χ0v) is 15.7. The molecular formula is C18H26N4O2S. The second kappa shape index (κ2) is 10.1. The number of hydrogen-bond acceptors (Lipinski definition) is 4. The number of thiocarbonyl (C=S) groups is 1. The maximum absolute atomic E-state index is 11.9. The molecule has 6 nitrogen and oxygen atoms in total. The minimum absolute atomic E-state index is 0.183. The number of ether oxygens (including phenoxy) is 1. The first-order valence-electron chi connectivity index (χ1n) is 8.68. The first kappa shape index (κ1) is 19.3. The van der Waals surface area contributed by atoms with E-state index >= 15 is 0 Å². The molecule has 2 N–H and O–H groups in total. The molecule has 0 saturated carbocycles. The highest BCUT2D eigenvalue weighted by molar-refractivity contribution is 7.80. The number of hydrogen-bond donors (Lipinski definition) is 2. The summed E-state index contributed by atoms with van der Waals surface area (Å²) in [4.78, 5) is 13.7. The number of amides is 1. The van der Waals surface area contributed by atoms with Crippen molar-refractivity contribution in [3.05, 3.63) is 29.8 Å². The van der Waals surface area contributed by atoms with Crippen molar-refractivity contribution in [1.29, 1.82) is 0 Å². The van der Waals surface area contributed by atoms with Gasteiger partial charge in [-0.05, 0) is 56.6 Å². The minimum atomic E-state index is 0.183. The Morgan fingerprint density at radius 2 is 2.28 bits per heavy atom. The van der Waals surface area contributed by atoms with Crippen LogP contribution in [0.1, 0.15) is 38.7 Å². The van der Waals surface area contributed by atoms with Crippen LogP contribution >= 0.6 is 12.2 Å². The van der Waals surface area contributed by atoms with Gasteiger partial charge in [-0.3, -0.25) is 10.2 Å². The summed E-state index contributed by atoms with van der Waals surface area (Å²) >= 11 is 5.21. The van der Waals surface area contributed by atoms with Crippen molar-refractivity contribution in [2.75, 3.05) is 31.2 Å². The van der Waals surface area contributed by atoms with Gasteiger partial charge in [0, 0.05) is 38.4 Å². The number of carbonyl (C=O) groups is 1. The lowest BCUT2D eigenvalue weighted by Crippen LogP contribution is -2.33. The molecule has 2 rings (SSSR count). The summed E-state index contributed by atoms with van der Waals surface area (Å²) in [7, 11) is 0. The van der Waals surface area contributed by atoms with Crippen LogP contribution in [0.3, 0.4) is 0 Å². The summed E-state index contributed by atoms with van der Waals surface area (Å²) in [6.07, 6.45) is 2.44. The fourth-order valence-electron chi connectivity index (χ4n) is 2.58. The van der Waals surface area contributed by atoms with Gasteiger partial charge >= 0.3 is 0 Å². The molecule has 1 aliphatic heterocycles. The standard InChI is InChI=1S/C18H26N4O2S/c1-3-24-12-6-10-19-18(25)21-20-14(2)15-7-4-8-16(13-15)22-11-5-9-17(22)23/h4,7-8,13H,3,5-6,9-12H2,1-2H3,(H2,19,21,25)/b20-14-. The molecule has 1 aliphatic rings. The molecule has 0 aliphatic carbocycles. The third-order valence-electron chi connectivity index (χ3n) is 3.93. The lowest BCUT2D eigenvalue weighted by atomic mass is 10.1. The summed E-state index contributed by atoms with van der Waals surface area (Å²) in [6, 6.07) is 7.86. The van der Waals surface area contributed by atoms with Crippen LogP contribution in [0.15, 0.2) is 29.4 Å². The van der Waals surface area contributed by atoms with Crippen LogP contribution < -0.4 is 15.6 Å². The van der Waals surface area contributed by atoms with E-state index in [0.717, 1.165) is 56.1 Å². The molecule has 1 saturated heterocycles. The molecule has 25 heavy (non-hydrogen) atoms. The van der Waals surface area contributed by atoms with Gasteiger partial charge < -0.3 is 15.0 Å². The quantitative estimate of drug-likeness (QED) is 0.322. The van der Waals surface area contributed by atoms with Crippen LogP contribution in [0.5, 0.6) is 0 Å². The Labute approximate surface area is 154 Å². The molecule has 136 valence electrons. The summed E-state index contributed by atoms with van der Waals surface area (Å²) in [5.74, 6) is 0.183. The Kier molecular flexibility index (Phi) is 7.81. The third kappa shape index (κ3) is 6.10. The van der Waals surface area contributed by atoms with E-state index < -0.39 is 0 Å². The van der Waals surface area contributed by atoms with Gasteiger partial charge in [0.25, 0.3) is 0 Å². The van der Waals surface area contributed by atoms with Crippen molar-refractivity contribution < 1.29 is 9.53 Å². The van der Waals surface area contributed by atoms with Gasteiger partial charge in [-0.2, -0.15) is 5.10 Å². The number of carbonyl (C=O) groups excluding carboxylic acids is 1. The van der Waals surface area contributed by atoms with Crippen molar-refractivity contribution in [2.45, 2.75) is 33.1 Å². The van der Waals surface area contributed by atoms with E-state index in [9.17, 15) is 4.79 Å². The topological polar surface area (TPSA) is 66.0 Å². The van der Waals surface area contributed by atoms with Crippen LogP contribution in [0.2, 0.25) is 0 Å². The summed E-state index contributed by atoms with van der Waals surface area (Å²) in [5.41, 5.74) is 5.55. The van der Waals surface area contributed by atoms with Gasteiger partial charge in [-0.1, -0.05) is 12.1 Å². The predicted molar refractivity (Wildman–Crippen MR) is 105 cm³/mol. The maximum atomic E-state index is 11.9. The Bertz CT molecular complexity index is 633. The lowest BCUT2D eigenvalue weighted by molar-refractivity contribution is -0.117. The summed E-state index contributed by atoms with van der Waals surface area (Å²) < 4.78 is 5.27. The average Bonchev–Trinajstić information content (AvgIpc) is 3.05. The molecule has 0 bridgehead atoms. The van der Waals surface area contributed by atoms with Gasteiger partial charge in [0.1, 0.15) is 0 Å². The zero-order valence-electron chi connectivity index (χ0n) is 14.9. The third-order valence-corrected chi connectivity index (χ3v) is 4.16. The average molecular weight is 362 g/mol. The molecule has 1 aromatic carbocycles. The summed E-state index contributed by atoms with van der Waals surface area (Å²) in [6.45, 7) is 6.87. The van der Waals surface area contributed by atoms with Gasteiger partial charge in [0.2, 0.25) is 5.91 Å². The fourth-order valence-corrected chi connectivity index (χ4v) is 2.73. The number of benzene rings is 1. The smallest absolute Gasteiger partial charge is 0.227 e. The van der Waals surface area contributed by atoms with E-state index in [-0.39, 0.29) is 5.91 Å². The molecule has 1 amide bonds. The van der Waals surface area contributed by atoms with Crippen molar-refractivity contribution >= 4 is 34.6 Å². The zero-order chi connectivity index (χ0) is 18.1. The Morgan fingerprint density at radius 1 is 1.44 bits per heavy atom. The number of hydrazone groups is 1. The largest absolute Gasteiger partial charge is 0.382 e. The minimum Gasteiger partial charge on any atom is -0.382 e. The van der Waals surface area contributed by atoms with Gasteiger partial charge in [0.15, 0.2) is 5.11 Å². The highest BCUT2D eigenvalue weighted by Gasteiger charge is 2.21. The van der Waals surface area contributed by atoms with Gasteiger partial charge in [-0.15, -0.1) is 0 Å². The normalized spacial score (nSPS) is 14.7. The monoisotopic (exact) mass is 362 g/mol. The second-order valence-electron chi connectivity index (χ2n) is 5.81. The highest BCUT2D eigenvalue weighted by Crippen LogP contribution is 2.22. The van der Waals surface area contributed by atoms with Crippen LogP contribution in [-0.2, 0) is 9.53 Å². The summed E-state index contributed by atoms with van der Waals surface area (Å²) in [5, 5.41) is 7.90. The molecule has 1 heterocycles. The second-order valence-corrected chi connectivity index (χ2v) is 6.22. The number of anilines is 1. The SMILES string of the molecule is CCOCCCNC(=S)N/N=C(/C)c1cccc(N2CCCC2=O)c1. The Hall–Kier alpha value is -1.99. The first-order valence-corrected chi connectivity index (χ1v) is 9.09. The Morgan fingerprint density at radius 3 is 3.00 bits per heavy atom. The molecule has 1 fully saturated rings. The molecule has 1 aromatic rings. The van der Waals surface area contributed by atoms with Crippen LogP contribution in [0.25, 0.3) is 0 Å². The number of nitrogens with zero attached hydrogens (tertiary/aromatic N) is 2. The van der Waals surface area contributed by atoms with Gasteiger partial charge in [0.05, 0.1) is 5.71 Å². The van der Waals surface area contributed by atoms with Crippen LogP contribution in [-0.4, -0.2) is 43.0 Å². The number of rotatable bonds is 8. The Balaban J connectivity index is 1.87. The fraction of sp³-hybridized carbons (Fsp3) is 0.500. The molecule has 0 radical (unpaired) electrons. The molecule has 0 atom stereocenters. The first-order chi connectivity index (χ1) is 12.1. The van der Waals surface area contributed by atoms with E-state index in [4.69, 9.17) is 17.0 Å². The molecule has 0 spiro atoms. The lowest BCUT2D eigenvalue weighted by Gasteiger charge is -2.16. The van der Waals surface area contributed by atoms with Crippen molar-refractivity contribution in [3.63, 3.8) is 0 Å².